The lowest BCUT2D eigenvalue weighted by atomic mass is 10.1. The second-order valence-corrected chi connectivity index (χ2v) is 6.37. The van der Waals surface area contributed by atoms with Crippen molar-refractivity contribution < 1.29 is 24.2 Å². The van der Waals surface area contributed by atoms with E-state index in [2.05, 4.69) is 15.8 Å². The average molecular weight is 419 g/mol. The Hall–Kier alpha value is -4.33. The van der Waals surface area contributed by atoms with Gasteiger partial charge in [0, 0.05) is 22.4 Å². The fourth-order valence-corrected chi connectivity index (χ4v) is 2.72. The third kappa shape index (κ3) is 5.39. The first-order valence-corrected chi connectivity index (χ1v) is 9.26. The Bertz CT molecular complexity index is 1070. The maximum atomic E-state index is 12.3. The highest BCUT2D eigenvalue weighted by Crippen LogP contribution is 2.36. The maximum Gasteiger partial charge on any atom is 0.271 e. The molecule has 158 valence electrons. The van der Waals surface area contributed by atoms with Gasteiger partial charge in [0.15, 0.2) is 11.5 Å². The summed E-state index contributed by atoms with van der Waals surface area (Å²) in [7, 11) is 2.84. The van der Waals surface area contributed by atoms with Crippen LogP contribution < -0.4 is 20.2 Å². The molecule has 0 spiro atoms. The Labute approximate surface area is 179 Å². The molecule has 0 bridgehead atoms. The molecule has 3 aromatic rings. The van der Waals surface area contributed by atoms with Crippen LogP contribution in [0.4, 0.5) is 5.69 Å². The van der Waals surface area contributed by atoms with Gasteiger partial charge in [-0.1, -0.05) is 18.2 Å². The lowest BCUT2D eigenvalue weighted by molar-refractivity contribution is 0.0954. The number of aromatic hydroxyl groups is 1. The zero-order valence-electron chi connectivity index (χ0n) is 17.0. The van der Waals surface area contributed by atoms with Gasteiger partial charge < -0.3 is 19.9 Å². The van der Waals surface area contributed by atoms with Gasteiger partial charge in [-0.3, -0.25) is 9.59 Å². The molecular formula is C23H21N3O5. The third-order valence-corrected chi connectivity index (χ3v) is 4.32. The number of benzene rings is 3. The number of ether oxygens (including phenoxy) is 2. The van der Waals surface area contributed by atoms with Crippen molar-refractivity contribution in [3.63, 3.8) is 0 Å². The SMILES string of the molecule is COc1cc(/C=N/NC(=O)c2ccc(NC(=O)c3ccccc3)cc2)cc(OC)c1O. The number of rotatable bonds is 7. The van der Waals surface area contributed by atoms with E-state index in [1.807, 2.05) is 6.07 Å². The number of carbonyl (C=O) groups is 2. The van der Waals surface area contributed by atoms with E-state index in [0.717, 1.165) is 0 Å². The molecule has 3 N–H and O–H groups in total. The van der Waals surface area contributed by atoms with Crippen molar-refractivity contribution in [1.29, 1.82) is 0 Å². The number of nitrogens with one attached hydrogen (secondary N) is 2. The van der Waals surface area contributed by atoms with Crippen LogP contribution in [-0.4, -0.2) is 37.4 Å². The number of hydrazone groups is 1. The summed E-state index contributed by atoms with van der Waals surface area (Å²) in [4.78, 5) is 24.5. The van der Waals surface area contributed by atoms with Gasteiger partial charge in [-0.05, 0) is 48.5 Å². The number of nitrogens with zero attached hydrogens (tertiary/aromatic N) is 1. The number of amides is 2. The molecule has 8 heteroatoms. The minimum atomic E-state index is -0.421. The number of methoxy groups -OCH3 is 2. The lowest BCUT2D eigenvalue weighted by Gasteiger charge is -2.09. The topological polar surface area (TPSA) is 109 Å². The first kappa shape index (κ1) is 21.4. The monoisotopic (exact) mass is 419 g/mol. The second-order valence-electron chi connectivity index (χ2n) is 6.37. The van der Waals surface area contributed by atoms with Gasteiger partial charge in [-0.2, -0.15) is 5.10 Å². The van der Waals surface area contributed by atoms with Gasteiger partial charge in [0.05, 0.1) is 20.4 Å². The normalized spacial score (nSPS) is 10.5. The van der Waals surface area contributed by atoms with E-state index in [0.29, 0.717) is 22.4 Å². The highest BCUT2D eigenvalue weighted by atomic mass is 16.5. The van der Waals surface area contributed by atoms with E-state index >= 15 is 0 Å². The van der Waals surface area contributed by atoms with Crippen LogP contribution >= 0.6 is 0 Å². The maximum absolute atomic E-state index is 12.3. The number of carbonyl (C=O) groups excluding carboxylic acids is 2. The third-order valence-electron chi connectivity index (χ3n) is 4.32. The summed E-state index contributed by atoms with van der Waals surface area (Å²) in [6.45, 7) is 0. The number of anilines is 1. The zero-order valence-corrected chi connectivity index (χ0v) is 17.0. The molecule has 0 aliphatic heterocycles. The lowest BCUT2D eigenvalue weighted by Crippen LogP contribution is -2.18. The van der Waals surface area contributed by atoms with Crippen LogP contribution in [0.15, 0.2) is 71.8 Å². The van der Waals surface area contributed by atoms with Crippen LogP contribution in [0.3, 0.4) is 0 Å². The second kappa shape index (κ2) is 9.93. The number of phenols is 1. The molecule has 8 nitrogen and oxygen atoms in total. The predicted octanol–water partition coefficient (Wildman–Crippen LogP) is 3.43. The molecule has 2 amide bonds. The van der Waals surface area contributed by atoms with Crippen LogP contribution in [0.5, 0.6) is 17.2 Å². The molecule has 31 heavy (non-hydrogen) atoms. The Morgan fingerprint density at radius 3 is 2.03 bits per heavy atom. The Morgan fingerprint density at radius 1 is 0.871 bits per heavy atom. The Morgan fingerprint density at radius 2 is 1.45 bits per heavy atom. The zero-order chi connectivity index (χ0) is 22.2. The summed E-state index contributed by atoms with van der Waals surface area (Å²) in [5.74, 6) is -0.330. The molecule has 0 heterocycles. The summed E-state index contributed by atoms with van der Waals surface area (Å²) in [5, 5.41) is 16.6. The molecule has 0 aromatic heterocycles. The summed E-state index contributed by atoms with van der Waals surface area (Å²) in [6, 6.07) is 18.4. The highest BCUT2D eigenvalue weighted by molar-refractivity contribution is 6.04. The summed E-state index contributed by atoms with van der Waals surface area (Å²) >= 11 is 0. The Balaban J connectivity index is 1.62. The first-order chi connectivity index (χ1) is 15.0. The van der Waals surface area contributed by atoms with E-state index in [4.69, 9.17) is 9.47 Å². The van der Waals surface area contributed by atoms with Gasteiger partial charge in [0.25, 0.3) is 11.8 Å². The van der Waals surface area contributed by atoms with E-state index in [1.165, 1.54) is 20.4 Å². The minimum Gasteiger partial charge on any atom is -0.502 e. The van der Waals surface area contributed by atoms with Gasteiger partial charge in [-0.25, -0.2) is 5.43 Å². The van der Waals surface area contributed by atoms with E-state index in [1.54, 1.807) is 60.7 Å². The van der Waals surface area contributed by atoms with Crippen molar-refractivity contribution in [1.82, 2.24) is 5.43 Å². The molecule has 0 aliphatic rings. The molecule has 0 saturated carbocycles. The van der Waals surface area contributed by atoms with Crippen LogP contribution in [0.1, 0.15) is 26.3 Å². The molecule has 0 aliphatic carbocycles. The average Bonchev–Trinajstić information content (AvgIpc) is 2.80. The van der Waals surface area contributed by atoms with Crippen molar-refractivity contribution in [3.8, 4) is 17.2 Å². The molecular weight excluding hydrogens is 398 g/mol. The fraction of sp³-hybridized carbons (Fsp3) is 0.0870. The summed E-state index contributed by atoms with van der Waals surface area (Å²) in [6.07, 6.45) is 1.40. The van der Waals surface area contributed by atoms with Gasteiger partial charge >= 0.3 is 0 Å². The van der Waals surface area contributed by atoms with Crippen molar-refractivity contribution in [3.05, 3.63) is 83.4 Å². The molecule has 0 atom stereocenters. The highest BCUT2D eigenvalue weighted by Gasteiger charge is 2.11. The van der Waals surface area contributed by atoms with E-state index in [-0.39, 0.29) is 23.2 Å². The standard InChI is InChI=1S/C23H21N3O5/c1-30-19-12-15(13-20(31-2)21(19)27)14-24-26-23(29)17-8-10-18(11-9-17)25-22(28)16-6-4-3-5-7-16/h3-14,27H,1-2H3,(H,25,28)(H,26,29)/b24-14+. The quantitative estimate of drug-likeness (QED) is 0.402. The van der Waals surface area contributed by atoms with Crippen molar-refractivity contribution in [2.75, 3.05) is 19.5 Å². The van der Waals surface area contributed by atoms with Gasteiger partial charge in [-0.15, -0.1) is 0 Å². The molecule has 3 rings (SSSR count). The van der Waals surface area contributed by atoms with Crippen molar-refractivity contribution in [2.24, 2.45) is 5.10 Å². The predicted molar refractivity (Wildman–Crippen MR) is 117 cm³/mol. The summed E-state index contributed by atoms with van der Waals surface area (Å²) in [5.41, 5.74) is 4.46. The number of phenolic OH excluding ortho intramolecular Hbond substituents is 1. The smallest absolute Gasteiger partial charge is 0.271 e. The molecule has 3 aromatic carbocycles. The van der Waals surface area contributed by atoms with Crippen molar-refractivity contribution in [2.45, 2.75) is 0 Å². The molecule has 0 unspecified atom stereocenters. The van der Waals surface area contributed by atoms with Crippen LogP contribution in [0.2, 0.25) is 0 Å². The fourth-order valence-electron chi connectivity index (χ4n) is 2.72. The Kier molecular flexibility index (Phi) is 6.85. The van der Waals surface area contributed by atoms with Crippen LogP contribution in [0, 0.1) is 0 Å². The molecule has 0 saturated heterocycles. The minimum absolute atomic E-state index is 0.120. The van der Waals surface area contributed by atoms with Gasteiger partial charge in [0.1, 0.15) is 0 Å². The van der Waals surface area contributed by atoms with Crippen LogP contribution in [-0.2, 0) is 0 Å². The molecule has 0 fully saturated rings. The first-order valence-electron chi connectivity index (χ1n) is 9.26. The summed E-state index contributed by atoms with van der Waals surface area (Å²) < 4.78 is 10.2. The van der Waals surface area contributed by atoms with E-state index < -0.39 is 5.91 Å². The number of hydrogen-bond acceptors (Lipinski definition) is 6. The van der Waals surface area contributed by atoms with Gasteiger partial charge in [0.2, 0.25) is 5.75 Å². The van der Waals surface area contributed by atoms with Crippen molar-refractivity contribution >= 4 is 23.7 Å². The van der Waals surface area contributed by atoms with Crippen LogP contribution in [0.25, 0.3) is 0 Å². The largest absolute Gasteiger partial charge is 0.502 e. The van der Waals surface area contributed by atoms with E-state index in [9.17, 15) is 14.7 Å². The molecule has 0 radical (unpaired) electrons. The number of hydrogen-bond donors (Lipinski definition) is 3.